The van der Waals surface area contributed by atoms with Crippen molar-refractivity contribution < 1.29 is 4.79 Å². The van der Waals surface area contributed by atoms with Crippen LogP contribution in [0.3, 0.4) is 0 Å². The SMILES string of the molecule is CNCC1CCN(C(=O)C(C)c2ccc(Br)s2)CC1.Cl. The summed E-state index contributed by atoms with van der Waals surface area (Å²) in [5, 5.41) is 3.23. The van der Waals surface area contributed by atoms with Gasteiger partial charge in [-0.3, -0.25) is 4.79 Å². The number of nitrogens with zero attached hydrogens (tertiary/aromatic N) is 1. The van der Waals surface area contributed by atoms with Crippen molar-refractivity contribution in [3.63, 3.8) is 0 Å². The lowest BCUT2D eigenvalue weighted by atomic mass is 9.95. The van der Waals surface area contributed by atoms with Crippen molar-refractivity contribution in [2.75, 3.05) is 26.7 Å². The van der Waals surface area contributed by atoms with E-state index < -0.39 is 0 Å². The molecule has 0 aliphatic carbocycles. The second kappa shape index (κ2) is 8.37. The van der Waals surface area contributed by atoms with E-state index in [1.807, 2.05) is 31.0 Å². The van der Waals surface area contributed by atoms with E-state index in [-0.39, 0.29) is 24.2 Å². The molecule has 1 fully saturated rings. The van der Waals surface area contributed by atoms with Gasteiger partial charge in [-0.25, -0.2) is 0 Å². The number of piperidine rings is 1. The highest BCUT2D eigenvalue weighted by atomic mass is 79.9. The number of carbonyl (C=O) groups excluding carboxylic acids is 1. The van der Waals surface area contributed by atoms with E-state index in [9.17, 15) is 4.79 Å². The molecular weight excluding hydrogens is 360 g/mol. The molecule has 1 unspecified atom stereocenters. The van der Waals surface area contributed by atoms with E-state index in [0.717, 1.165) is 47.1 Å². The largest absolute Gasteiger partial charge is 0.342 e. The smallest absolute Gasteiger partial charge is 0.230 e. The van der Waals surface area contributed by atoms with E-state index >= 15 is 0 Å². The summed E-state index contributed by atoms with van der Waals surface area (Å²) in [6.45, 7) is 4.89. The zero-order chi connectivity index (χ0) is 13.8. The van der Waals surface area contributed by atoms with Crippen LogP contribution in [0.2, 0.25) is 0 Å². The topological polar surface area (TPSA) is 32.3 Å². The highest BCUT2D eigenvalue weighted by Crippen LogP contribution is 2.30. The lowest BCUT2D eigenvalue weighted by Crippen LogP contribution is -2.42. The summed E-state index contributed by atoms with van der Waals surface area (Å²) in [7, 11) is 1.99. The maximum absolute atomic E-state index is 12.5. The van der Waals surface area contributed by atoms with Gasteiger partial charge in [0.1, 0.15) is 0 Å². The lowest BCUT2D eigenvalue weighted by Gasteiger charge is -2.33. The van der Waals surface area contributed by atoms with Gasteiger partial charge in [-0.2, -0.15) is 0 Å². The molecule has 1 aromatic rings. The standard InChI is InChI=1S/C14H21BrN2OS.ClH/c1-10(12-3-4-13(15)19-12)14(18)17-7-5-11(6-8-17)9-16-2;/h3-4,10-11,16H,5-9H2,1-2H3;1H. The molecule has 1 amide bonds. The quantitative estimate of drug-likeness (QED) is 0.866. The Morgan fingerprint density at radius 1 is 1.50 bits per heavy atom. The number of rotatable bonds is 4. The molecule has 6 heteroatoms. The predicted octanol–water partition coefficient (Wildman–Crippen LogP) is 3.49. The molecule has 1 saturated heterocycles. The van der Waals surface area contributed by atoms with E-state index in [1.165, 1.54) is 0 Å². The third kappa shape index (κ3) is 4.45. The zero-order valence-electron chi connectivity index (χ0n) is 11.9. The molecule has 0 saturated carbocycles. The molecular formula is C14H22BrClN2OS. The fourth-order valence-electron chi connectivity index (χ4n) is 2.60. The molecule has 1 aromatic heterocycles. The molecule has 1 N–H and O–H groups in total. The zero-order valence-corrected chi connectivity index (χ0v) is 15.1. The van der Waals surface area contributed by atoms with Gasteiger partial charge in [0.05, 0.1) is 9.70 Å². The van der Waals surface area contributed by atoms with Crippen LogP contribution in [0.1, 0.15) is 30.6 Å². The van der Waals surface area contributed by atoms with Gasteiger partial charge in [-0.05, 0) is 67.3 Å². The fraction of sp³-hybridized carbons (Fsp3) is 0.643. The number of likely N-dealkylation sites (tertiary alicyclic amines) is 1. The first-order valence-corrected chi connectivity index (χ1v) is 8.41. The highest BCUT2D eigenvalue weighted by molar-refractivity contribution is 9.11. The Morgan fingerprint density at radius 2 is 2.15 bits per heavy atom. The molecule has 0 radical (unpaired) electrons. The number of halogens is 2. The van der Waals surface area contributed by atoms with Crippen molar-refractivity contribution in [1.29, 1.82) is 0 Å². The normalized spacial score (nSPS) is 17.6. The minimum absolute atomic E-state index is 0. The Morgan fingerprint density at radius 3 is 2.65 bits per heavy atom. The van der Waals surface area contributed by atoms with Gasteiger partial charge < -0.3 is 10.2 Å². The van der Waals surface area contributed by atoms with Crippen molar-refractivity contribution in [3.05, 3.63) is 20.8 Å². The van der Waals surface area contributed by atoms with E-state index in [4.69, 9.17) is 0 Å². The second-order valence-corrected chi connectivity index (χ2v) is 7.68. The summed E-state index contributed by atoms with van der Waals surface area (Å²) in [5.41, 5.74) is 0. The van der Waals surface area contributed by atoms with Crippen LogP contribution in [0.5, 0.6) is 0 Å². The Kier molecular flexibility index (Phi) is 7.51. The van der Waals surface area contributed by atoms with E-state index in [0.29, 0.717) is 0 Å². The van der Waals surface area contributed by atoms with Gasteiger partial charge >= 0.3 is 0 Å². The van der Waals surface area contributed by atoms with Gasteiger partial charge in [0.25, 0.3) is 0 Å². The summed E-state index contributed by atoms with van der Waals surface area (Å²) < 4.78 is 1.09. The summed E-state index contributed by atoms with van der Waals surface area (Å²) in [4.78, 5) is 15.7. The number of hydrogen-bond acceptors (Lipinski definition) is 3. The number of nitrogens with one attached hydrogen (secondary N) is 1. The van der Waals surface area contributed by atoms with Gasteiger partial charge in [0, 0.05) is 18.0 Å². The van der Waals surface area contributed by atoms with Gasteiger partial charge in [0.15, 0.2) is 0 Å². The fourth-order valence-corrected chi connectivity index (χ4v) is 4.07. The molecule has 2 rings (SSSR count). The van der Waals surface area contributed by atoms with Crippen LogP contribution in [0, 0.1) is 5.92 Å². The Bertz CT molecular complexity index is 433. The molecule has 1 atom stereocenters. The average molecular weight is 382 g/mol. The van der Waals surface area contributed by atoms with Crippen LogP contribution >= 0.6 is 39.7 Å². The highest BCUT2D eigenvalue weighted by Gasteiger charge is 2.27. The average Bonchev–Trinajstić information content (AvgIpc) is 2.85. The van der Waals surface area contributed by atoms with E-state index in [1.54, 1.807) is 11.3 Å². The van der Waals surface area contributed by atoms with Crippen LogP contribution in [-0.4, -0.2) is 37.5 Å². The minimum Gasteiger partial charge on any atom is -0.342 e. The van der Waals surface area contributed by atoms with Crippen molar-refractivity contribution in [3.8, 4) is 0 Å². The minimum atomic E-state index is -0.0165. The first kappa shape index (κ1) is 18.0. The molecule has 20 heavy (non-hydrogen) atoms. The van der Waals surface area contributed by atoms with Gasteiger partial charge in [-0.15, -0.1) is 23.7 Å². The monoisotopic (exact) mass is 380 g/mol. The molecule has 1 aliphatic rings. The first-order chi connectivity index (χ1) is 9.11. The van der Waals surface area contributed by atoms with Crippen molar-refractivity contribution in [2.45, 2.75) is 25.7 Å². The predicted molar refractivity (Wildman–Crippen MR) is 90.9 cm³/mol. The van der Waals surface area contributed by atoms with Crippen molar-refractivity contribution in [1.82, 2.24) is 10.2 Å². The number of hydrogen-bond donors (Lipinski definition) is 1. The molecule has 2 heterocycles. The van der Waals surface area contributed by atoms with Gasteiger partial charge in [0.2, 0.25) is 5.91 Å². The van der Waals surface area contributed by atoms with Gasteiger partial charge in [-0.1, -0.05) is 0 Å². The van der Waals surface area contributed by atoms with Crippen LogP contribution in [0.25, 0.3) is 0 Å². The first-order valence-electron chi connectivity index (χ1n) is 6.80. The number of thiophene rings is 1. The third-order valence-corrected chi connectivity index (χ3v) is 5.62. The van der Waals surface area contributed by atoms with Crippen LogP contribution in [-0.2, 0) is 4.79 Å². The Labute approximate surface area is 139 Å². The summed E-state index contributed by atoms with van der Waals surface area (Å²) in [5.74, 6) is 0.981. The number of amides is 1. The Hall–Kier alpha value is -0.100. The maximum atomic E-state index is 12.5. The summed E-state index contributed by atoms with van der Waals surface area (Å²) in [6.07, 6.45) is 2.24. The second-order valence-electron chi connectivity index (χ2n) is 5.19. The maximum Gasteiger partial charge on any atom is 0.230 e. The Balaban J connectivity index is 0.00000200. The number of carbonyl (C=O) groups is 1. The molecule has 1 aliphatic heterocycles. The molecule has 114 valence electrons. The summed E-state index contributed by atoms with van der Waals surface area (Å²) in [6, 6.07) is 4.06. The molecule has 0 bridgehead atoms. The summed E-state index contributed by atoms with van der Waals surface area (Å²) >= 11 is 5.11. The molecule has 0 spiro atoms. The molecule has 3 nitrogen and oxygen atoms in total. The van der Waals surface area contributed by atoms with Crippen LogP contribution in [0.15, 0.2) is 15.9 Å². The van der Waals surface area contributed by atoms with Crippen LogP contribution < -0.4 is 5.32 Å². The third-order valence-electron chi connectivity index (χ3n) is 3.81. The molecule has 0 aromatic carbocycles. The lowest BCUT2D eigenvalue weighted by molar-refractivity contribution is -0.133. The van der Waals surface area contributed by atoms with Crippen LogP contribution in [0.4, 0.5) is 0 Å². The van der Waals surface area contributed by atoms with Crippen molar-refractivity contribution in [2.24, 2.45) is 5.92 Å². The van der Waals surface area contributed by atoms with E-state index in [2.05, 4.69) is 21.2 Å². The van der Waals surface area contributed by atoms with Crippen molar-refractivity contribution >= 4 is 45.6 Å².